The molecule has 0 spiro atoms. The van der Waals surface area contributed by atoms with Crippen molar-refractivity contribution in [2.24, 2.45) is 0 Å². The fraction of sp³-hybridized carbons (Fsp3) is 0.522. The van der Waals surface area contributed by atoms with Crippen molar-refractivity contribution in [1.29, 1.82) is 0 Å². The lowest BCUT2D eigenvalue weighted by molar-refractivity contribution is 0.0867. The highest BCUT2D eigenvalue weighted by molar-refractivity contribution is 6.32. The van der Waals surface area contributed by atoms with Crippen LogP contribution in [0.3, 0.4) is 0 Å². The Bertz CT molecular complexity index is 983. The van der Waals surface area contributed by atoms with Crippen LogP contribution >= 0.6 is 11.6 Å². The Labute approximate surface area is 197 Å². The maximum absolute atomic E-state index is 13.1. The number of aliphatic hydroxyl groups is 2. The summed E-state index contributed by atoms with van der Waals surface area (Å²) in [4.78, 5) is 24.1. The minimum atomic E-state index is -0.296. The third-order valence-electron chi connectivity index (χ3n) is 6.37. The summed E-state index contributed by atoms with van der Waals surface area (Å²) in [5.74, 6) is 0.594. The van der Waals surface area contributed by atoms with Crippen LogP contribution in [0, 0.1) is 0 Å². The van der Waals surface area contributed by atoms with E-state index >= 15 is 0 Å². The Morgan fingerprint density at radius 1 is 1.21 bits per heavy atom. The summed E-state index contributed by atoms with van der Waals surface area (Å²) >= 11 is 6.02. The van der Waals surface area contributed by atoms with Crippen molar-refractivity contribution >= 4 is 29.3 Å². The number of rotatable bonds is 7. The number of carbonyl (C=O) groups is 1. The van der Waals surface area contributed by atoms with Gasteiger partial charge in [-0.2, -0.15) is 4.98 Å². The van der Waals surface area contributed by atoms with E-state index in [-0.39, 0.29) is 41.5 Å². The first-order valence-electron chi connectivity index (χ1n) is 11.4. The van der Waals surface area contributed by atoms with Crippen molar-refractivity contribution in [3.63, 3.8) is 0 Å². The molecule has 2 aromatic rings. The summed E-state index contributed by atoms with van der Waals surface area (Å²) in [5.41, 5.74) is 1.15. The Morgan fingerprint density at radius 3 is 2.73 bits per heavy atom. The number of phenols is 1. The van der Waals surface area contributed by atoms with Crippen molar-refractivity contribution < 1.29 is 20.1 Å². The van der Waals surface area contributed by atoms with Crippen LogP contribution in [0.15, 0.2) is 24.4 Å². The van der Waals surface area contributed by atoms with Crippen LogP contribution in [-0.4, -0.2) is 62.5 Å². The second-order valence-electron chi connectivity index (χ2n) is 8.72. The van der Waals surface area contributed by atoms with E-state index in [9.17, 15) is 20.1 Å². The molecule has 0 radical (unpaired) electrons. The Morgan fingerprint density at radius 2 is 2.00 bits per heavy atom. The Hall–Kier alpha value is -2.62. The van der Waals surface area contributed by atoms with E-state index in [4.69, 9.17) is 11.6 Å². The predicted molar refractivity (Wildman–Crippen MR) is 126 cm³/mol. The molecule has 5 N–H and O–H groups in total. The molecule has 4 rings (SSSR count). The maximum Gasteiger partial charge on any atom is 0.256 e. The molecule has 1 saturated heterocycles. The highest BCUT2D eigenvalue weighted by Crippen LogP contribution is 2.27. The number of carbonyl (C=O) groups excluding carboxylic acids is 1. The topological polar surface area (TPSA) is 131 Å². The SMILES string of the molecule is O=C(NC1CCC(O)CC1)c1cnc(N2CCC[C@H]2CO)nc1NCc1ccc(O)c(Cl)c1. The van der Waals surface area contributed by atoms with Gasteiger partial charge in [0.15, 0.2) is 0 Å². The van der Waals surface area contributed by atoms with Crippen molar-refractivity contribution in [3.8, 4) is 5.75 Å². The molecular weight excluding hydrogens is 446 g/mol. The zero-order valence-electron chi connectivity index (χ0n) is 18.4. The first kappa shape index (κ1) is 23.5. The smallest absolute Gasteiger partial charge is 0.256 e. The van der Waals surface area contributed by atoms with Crippen LogP contribution in [0.25, 0.3) is 0 Å². The summed E-state index contributed by atoms with van der Waals surface area (Å²) in [6.07, 6.45) is 5.83. The van der Waals surface area contributed by atoms with E-state index in [0.29, 0.717) is 36.7 Å². The van der Waals surface area contributed by atoms with Gasteiger partial charge in [-0.1, -0.05) is 17.7 Å². The minimum Gasteiger partial charge on any atom is -0.506 e. The van der Waals surface area contributed by atoms with Crippen LogP contribution in [0.1, 0.15) is 54.4 Å². The van der Waals surface area contributed by atoms with Gasteiger partial charge in [0, 0.05) is 25.3 Å². The van der Waals surface area contributed by atoms with Crippen LogP contribution in [0.4, 0.5) is 11.8 Å². The van der Waals surface area contributed by atoms with Gasteiger partial charge in [-0.25, -0.2) is 4.98 Å². The molecule has 2 fully saturated rings. The molecule has 2 heterocycles. The summed E-state index contributed by atoms with van der Waals surface area (Å²) in [5, 5.41) is 35.6. The predicted octanol–water partition coefficient (Wildman–Crippen LogP) is 2.44. The summed E-state index contributed by atoms with van der Waals surface area (Å²) < 4.78 is 0. The second-order valence-corrected chi connectivity index (χ2v) is 9.13. The lowest BCUT2D eigenvalue weighted by atomic mass is 9.93. The average molecular weight is 476 g/mol. The monoisotopic (exact) mass is 475 g/mol. The van der Waals surface area contributed by atoms with Crippen LogP contribution < -0.4 is 15.5 Å². The van der Waals surface area contributed by atoms with E-state index in [1.54, 1.807) is 12.1 Å². The molecule has 1 aliphatic heterocycles. The van der Waals surface area contributed by atoms with E-state index in [0.717, 1.165) is 37.8 Å². The molecule has 33 heavy (non-hydrogen) atoms. The largest absolute Gasteiger partial charge is 0.506 e. The van der Waals surface area contributed by atoms with E-state index in [1.807, 2.05) is 4.90 Å². The third kappa shape index (κ3) is 5.66. The van der Waals surface area contributed by atoms with Gasteiger partial charge in [0.1, 0.15) is 17.1 Å². The molecule has 1 aromatic carbocycles. The zero-order chi connectivity index (χ0) is 23.4. The van der Waals surface area contributed by atoms with Crippen molar-refractivity contribution in [2.45, 2.75) is 63.3 Å². The van der Waals surface area contributed by atoms with Crippen molar-refractivity contribution in [1.82, 2.24) is 15.3 Å². The number of amides is 1. The zero-order valence-corrected chi connectivity index (χ0v) is 19.1. The number of aromatic nitrogens is 2. The van der Waals surface area contributed by atoms with Crippen LogP contribution in [0.5, 0.6) is 5.75 Å². The number of anilines is 2. The minimum absolute atomic E-state index is 0.00156. The van der Waals surface area contributed by atoms with Gasteiger partial charge in [-0.3, -0.25) is 4.79 Å². The molecular formula is C23H30ClN5O4. The number of hydrogen-bond donors (Lipinski definition) is 5. The second kappa shape index (κ2) is 10.5. The Kier molecular flexibility index (Phi) is 7.52. The van der Waals surface area contributed by atoms with Crippen LogP contribution in [-0.2, 0) is 6.54 Å². The van der Waals surface area contributed by atoms with Crippen molar-refractivity contribution in [2.75, 3.05) is 23.4 Å². The van der Waals surface area contributed by atoms with Gasteiger partial charge in [-0.05, 0) is 56.2 Å². The highest BCUT2D eigenvalue weighted by Gasteiger charge is 2.28. The molecule has 178 valence electrons. The molecule has 1 amide bonds. The number of nitrogens with one attached hydrogen (secondary N) is 2. The van der Waals surface area contributed by atoms with E-state index in [1.165, 1.54) is 12.3 Å². The van der Waals surface area contributed by atoms with Gasteiger partial charge in [0.25, 0.3) is 5.91 Å². The molecule has 1 atom stereocenters. The molecule has 1 aliphatic carbocycles. The molecule has 1 saturated carbocycles. The lowest BCUT2D eigenvalue weighted by Gasteiger charge is -2.27. The first-order chi connectivity index (χ1) is 15.9. The van der Waals surface area contributed by atoms with E-state index in [2.05, 4.69) is 20.6 Å². The molecule has 2 aliphatic rings. The molecule has 9 nitrogen and oxygen atoms in total. The van der Waals surface area contributed by atoms with E-state index < -0.39 is 0 Å². The standard InChI is InChI=1S/C23H30ClN5O4/c24-19-10-14(3-8-20(19)32)11-25-21-18(22(33)27-15-4-6-17(31)7-5-15)12-26-23(28-21)29-9-1-2-16(29)13-30/h3,8,10,12,15-17,30-32H,1-2,4-7,9,11,13H2,(H,27,33)(H,25,26,28)/t15?,16-,17?/m0/s1. The number of phenolic OH excluding ortho intramolecular Hbond substituents is 1. The Balaban J connectivity index is 1.56. The van der Waals surface area contributed by atoms with Gasteiger partial charge in [-0.15, -0.1) is 0 Å². The normalized spacial score (nSPS) is 22.9. The lowest BCUT2D eigenvalue weighted by Crippen LogP contribution is -2.39. The summed E-state index contributed by atoms with van der Waals surface area (Å²) in [7, 11) is 0. The number of benzene rings is 1. The summed E-state index contributed by atoms with van der Waals surface area (Å²) in [6.45, 7) is 1.11. The molecule has 10 heteroatoms. The van der Waals surface area contributed by atoms with Gasteiger partial charge in [0.2, 0.25) is 5.95 Å². The van der Waals surface area contributed by atoms with Gasteiger partial charge < -0.3 is 30.9 Å². The fourth-order valence-electron chi connectivity index (χ4n) is 4.43. The number of aromatic hydroxyl groups is 1. The summed E-state index contributed by atoms with van der Waals surface area (Å²) in [6, 6.07) is 4.88. The number of halogens is 1. The third-order valence-corrected chi connectivity index (χ3v) is 6.67. The molecule has 1 aromatic heterocycles. The molecule has 0 unspecified atom stereocenters. The quantitative estimate of drug-likeness (QED) is 0.412. The van der Waals surface area contributed by atoms with Gasteiger partial charge in [0.05, 0.1) is 23.8 Å². The van der Waals surface area contributed by atoms with Crippen LogP contribution in [0.2, 0.25) is 5.02 Å². The average Bonchev–Trinajstić information content (AvgIpc) is 3.30. The maximum atomic E-state index is 13.1. The van der Waals surface area contributed by atoms with Gasteiger partial charge >= 0.3 is 0 Å². The number of aliphatic hydroxyl groups excluding tert-OH is 2. The fourth-order valence-corrected chi connectivity index (χ4v) is 4.63. The highest BCUT2D eigenvalue weighted by atomic mass is 35.5. The molecule has 0 bridgehead atoms. The number of hydrogen-bond acceptors (Lipinski definition) is 8. The number of nitrogens with zero attached hydrogens (tertiary/aromatic N) is 3. The first-order valence-corrected chi connectivity index (χ1v) is 11.8. The van der Waals surface area contributed by atoms with Crippen molar-refractivity contribution in [3.05, 3.63) is 40.5 Å².